The number of para-hydroxylation sites is 1. The predicted octanol–water partition coefficient (Wildman–Crippen LogP) is 3.78. The van der Waals surface area contributed by atoms with E-state index in [1.807, 2.05) is 42.5 Å². The summed E-state index contributed by atoms with van der Waals surface area (Å²) in [5.74, 6) is 0.841. The fourth-order valence-corrected chi connectivity index (χ4v) is 1.69. The zero-order valence-corrected chi connectivity index (χ0v) is 8.03. The van der Waals surface area contributed by atoms with Gasteiger partial charge in [0.2, 0.25) is 0 Å². The van der Waals surface area contributed by atoms with Crippen molar-refractivity contribution in [3.63, 3.8) is 0 Å². The minimum absolute atomic E-state index is 0.841. The molecule has 0 unspecified atom stereocenters. The maximum absolute atomic E-state index is 5.70. The third-order valence-corrected chi connectivity index (χ3v) is 2.38. The summed E-state index contributed by atoms with van der Waals surface area (Å²) in [5, 5.41) is 1.12. The van der Waals surface area contributed by atoms with Crippen LogP contribution in [0.4, 0.5) is 0 Å². The van der Waals surface area contributed by atoms with Crippen molar-refractivity contribution in [3.05, 3.63) is 59.2 Å². The molecule has 0 radical (unpaired) electrons. The number of rotatable bonds is 0. The van der Waals surface area contributed by atoms with Crippen LogP contribution in [0.5, 0.6) is 0 Å². The van der Waals surface area contributed by atoms with E-state index >= 15 is 0 Å². The van der Waals surface area contributed by atoms with Crippen LogP contribution in [0.25, 0.3) is 23.1 Å². The van der Waals surface area contributed by atoms with Gasteiger partial charge in [-0.3, -0.25) is 0 Å². The van der Waals surface area contributed by atoms with Gasteiger partial charge in [0.05, 0.1) is 0 Å². The number of hydrogen-bond donors (Lipinski definition) is 0. The van der Waals surface area contributed by atoms with Crippen LogP contribution in [0.15, 0.2) is 52.3 Å². The van der Waals surface area contributed by atoms with E-state index in [0.717, 1.165) is 22.3 Å². The number of allylic oxidation sites excluding steroid dienone is 2. The van der Waals surface area contributed by atoms with E-state index in [4.69, 9.17) is 4.42 Å². The summed E-state index contributed by atoms with van der Waals surface area (Å²) in [7, 11) is 0. The largest absolute Gasteiger partial charge is 0.455 e. The Kier molecular flexibility index (Phi) is 1.73. The Morgan fingerprint density at radius 1 is 0.933 bits per heavy atom. The van der Waals surface area contributed by atoms with Gasteiger partial charge in [0.25, 0.3) is 0 Å². The average Bonchev–Trinajstić information content (AvgIpc) is 2.55. The van der Waals surface area contributed by atoms with Gasteiger partial charge in [0, 0.05) is 17.0 Å². The summed E-state index contributed by atoms with van der Waals surface area (Å²) in [5.41, 5.74) is 8.07. The summed E-state index contributed by atoms with van der Waals surface area (Å²) in [4.78, 5) is 0. The van der Waals surface area contributed by atoms with Crippen LogP contribution in [0.2, 0.25) is 0 Å². The van der Waals surface area contributed by atoms with E-state index in [1.165, 1.54) is 0 Å². The van der Waals surface area contributed by atoms with Crippen molar-refractivity contribution in [2.45, 2.75) is 0 Å². The summed E-state index contributed by atoms with van der Waals surface area (Å²) < 4.78 is 5.70. The van der Waals surface area contributed by atoms with E-state index in [0.29, 0.717) is 0 Å². The number of benzene rings is 1. The average molecular weight is 192 g/mol. The van der Waals surface area contributed by atoms with Gasteiger partial charge in [-0.2, -0.15) is 0 Å². The molecule has 1 aromatic heterocycles. The Balaban J connectivity index is 2.46. The van der Waals surface area contributed by atoms with E-state index < -0.39 is 0 Å². The first-order valence-electron chi connectivity index (χ1n) is 4.80. The molecule has 1 aliphatic carbocycles. The molecule has 0 atom stereocenters. The molecule has 0 saturated carbocycles. The summed E-state index contributed by atoms with van der Waals surface area (Å²) in [6.45, 7) is 0. The van der Waals surface area contributed by atoms with Crippen molar-refractivity contribution in [2.24, 2.45) is 0 Å². The molecular weight excluding hydrogens is 184 g/mol. The zero-order valence-electron chi connectivity index (χ0n) is 8.03. The van der Waals surface area contributed by atoms with Gasteiger partial charge in [0.1, 0.15) is 11.3 Å². The lowest BCUT2D eigenvalue weighted by molar-refractivity contribution is 0.603. The van der Waals surface area contributed by atoms with Crippen LogP contribution in [-0.2, 0) is 0 Å². The predicted molar refractivity (Wildman–Crippen MR) is 61.3 cm³/mol. The topological polar surface area (TPSA) is 13.1 Å². The Morgan fingerprint density at radius 3 is 2.67 bits per heavy atom. The minimum Gasteiger partial charge on any atom is -0.455 e. The molecular formula is C14H8O. The summed E-state index contributed by atoms with van der Waals surface area (Å²) >= 11 is 0. The Hall–Kier alpha value is -2.20. The normalized spacial score (nSPS) is 12.8. The highest BCUT2D eigenvalue weighted by atomic mass is 16.3. The van der Waals surface area contributed by atoms with Gasteiger partial charge < -0.3 is 4.42 Å². The van der Waals surface area contributed by atoms with Crippen molar-refractivity contribution in [2.75, 3.05) is 0 Å². The zero-order chi connectivity index (χ0) is 10.1. The van der Waals surface area contributed by atoms with Crippen molar-refractivity contribution >= 4 is 23.1 Å². The lowest BCUT2D eigenvalue weighted by Gasteiger charge is -1.89. The first kappa shape index (κ1) is 8.14. The minimum atomic E-state index is 0.841. The van der Waals surface area contributed by atoms with Crippen molar-refractivity contribution < 1.29 is 4.42 Å². The summed E-state index contributed by atoms with van der Waals surface area (Å²) in [6, 6.07) is 8.00. The lowest BCUT2D eigenvalue weighted by atomic mass is 10.1. The lowest BCUT2D eigenvalue weighted by Crippen LogP contribution is -1.72. The molecule has 70 valence electrons. The van der Waals surface area contributed by atoms with Gasteiger partial charge in [-0.1, -0.05) is 18.2 Å². The van der Waals surface area contributed by atoms with Crippen LogP contribution in [-0.4, -0.2) is 0 Å². The highest BCUT2D eigenvalue weighted by molar-refractivity contribution is 5.90. The quantitative estimate of drug-likeness (QED) is 0.579. The number of fused-ring (bicyclic) bond motifs is 3. The van der Waals surface area contributed by atoms with Gasteiger partial charge in [-0.05, 0) is 24.3 Å². The van der Waals surface area contributed by atoms with Crippen LogP contribution < -0.4 is 0 Å². The van der Waals surface area contributed by atoms with Crippen molar-refractivity contribution in [3.8, 4) is 0 Å². The molecule has 1 nitrogen and oxygen atoms in total. The SMILES string of the molecule is C1=CC=C=Cc2c(oc3ccccc23)C=1. The second-order valence-electron chi connectivity index (χ2n) is 3.33. The Bertz CT molecular complexity index is 643. The fourth-order valence-electron chi connectivity index (χ4n) is 1.69. The van der Waals surface area contributed by atoms with Crippen molar-refractivity contribution in [1.82, 2.24) is 0 Å². The van der Waals surface area contributed by atoms with Crippen LogP contribution in [0.1, 0.15) is 11.3 Å². The molecule has 15 heavy (non-hydrogen) atoms. The number of furan rings is 1. The maximum Gasteiger partial charge on any atom is 0.143 e. The molecule has 1 aliphatic rings. The first-order chi connectivity index (χ1) is 7.45. The van der Waals surface area contributed by atoms with E-state index in [9.17, 15) is 0 Å². The molecule has 0 amide bonds. The molecule has 0 bridgehead atoms. The fraction of sp³-hybridized carbons (Fsp3) is 0. The molecule has 0 N–H and O–H groups in total. The van der Waals surface area contributed by atoms with Crippen molar-refractivity contribution in [1.29, 1.82) is 0 Å². The molecule has 3 rings (SSSR count). The van der Waals surface area contributed by atoms with Gasteiger partial charge in [-0.25, -0.2) is 0 Å². The third kappa shape index (κ3) is 1.28. The molecule has 1 heterocycles. The molecule has 0 saturated heterocycles. The second kappa shape index (κ2) is 3.18. The third-order valence-electron chi connectivity index (χ3n) is 2.38. The molecule has 0 fully saturated rings. The molecule has 1 aromatic carbocycles. The smallest absolute Gasteiger partial charge is 0.143 e. The maximum atomic E-state index is 5.70. The van der Waals surface area contributed by atoms with E-state index in [-0.39, 0.29) is 0 Å². The van der Waals surface area contributed by atoms with E-state index in [1.54, 1.807) is 0 Å². The standard InChI is InChI=1S/C14H8O/c1-2-4-9-13-11(7-3-1)12-8-5-6-10-14(12)15-13/h1-2,5-10H. The monoisotopic (exact) mass is 192 g/mol. The molecule has 2 aromatic rings. The van der Waals surface area contributed by atoms with Gasteiger partial charge >= 0.3 is 0 Å². The van der Waals surface area contributed by atoms with E-state index in [2.05, 4.69) is 17.5 Å². The number of hydrogen-bond acceptors (Lipinski definition) is 1. The molecule has 0 spiro atoms. The Labute approximate surface area is 87.3 Å². The second-order valence-corrected chi connectivity index (χ2v) is 3.33. The van der Waals surface area contributed by atoms with Crippen LogP contribution in [0, 0.1) is 0 Å². The first-order valence-corrected chi connectivity index (χ1v) is 4.80. The van der Waals surface area contributed by atoms with Gasteiger partial charge in [-0.15, -0.1) is 11.5 Å². The highest BCUT2D eigenvalue weighted by Gasteiger charge is 2.08. The molecule has 1 heteroatoms. The highest BCUT2D eigenvalue weighted by Crippen LogP contribution is 2.27. The van der Waals surface area contributed by atoms with Crippen LogP contribution >= 0.6 is 0 Å². The summed E-state index contributed by atoms with van der Waals surface area (Å²) in [6.07, 6.45) is 7.44. The molecule has 0 aliphatic heterocycles. The van der Waals surface area contributed by atoms with Crippen LogP contribution in [0.3, 0.4) is 0 Å². The Morgan fingerprint density at radius 2 is 1.73 bits per heavy atom. The van der Waals surface area contributed by atoms with Gasteiger partial charge in [0.15, 0.2) is 0 Å².